The molecule has 1 aromatic carbocycles. The highest BCUT2D eigenvalue weighted by molar-refractivity contribution is 5.92. The summed E-state index contributed by atoms with van der Waals surface area (Å²) < 4.78 is 5.34. The number of carbonyl (C=O) groups is 3. The van der Waals surface area contributed by atoms with E-state index in [1.54, 1.807) is 56.9 Å². The van der Waals surface area contributed by atoms with Crippen LogP contribution in [0.3, 0.4) is 0 Å². The number of benzene rings is 1. The second kappa shape index (κ2) is 16.0. The molecule has 0 heterocycles. The highest BCUT2D eigenvalue weighted by atomic mass is 16.6. The largest absolute Gasteiger partial charge is 0.444 e. The standard InChI is InChI=1S/C30H47N3O4/c1-9-12-13-14-15-21-33(28(35)23(5)32-29(36)37-30(6,7)8)26(27(34)31-22(4)16-10-2)25-19-17-24(11-3)18-20-25/h3,17-20,22-23,26H,9-10,12-16,21H2,1-2,4-8H3,(H,31,34)(H,32,36). The topological polar surface area (TPSA) is 87.7 Å². The van der Waals surface area contributed by atoms with Crippen molar-refractivity contribution in [2.24, 2.45) is 0 Å². The van der Waals surface area contributed by atoms with Crippen molar-refractivity contribution in [3.63, 3.8) is 0 Å². The minimum Gasteiger partial charge on any atom is -0.444 e. The predicted octanol–water partition coefficient (Wildman–Crippen LogP) is 5.73. The Hall–Kier alpha value is -3.01. The van der Waals surface area contributed by atoms with Crippen LogP contribution in [-0.2, 0) is 14.3 Å². The molecule has 0 saturated heterocycles. The summed E-state index contributed by atoms with van der Waals surface area (Å²) in [6.45, 7) is 13.5. The van der Waals surface area contributed by atoms with Gasteiger partial charge in [-0.3, -0.25) is 9.59 Å². The van der Waals surface area contributed by atoms with E-state index in [2.05, 4.69) is 30.4 Å². The van der Waals surface area contributed by atoms with Crippen LogP contribution in [0.5, 0.6) is 0 Å². The van der Waals surface area contributed by atoms with Crippen molar-refractivity contribution in [3.8, 4) is 12.3 Å². The van der Waals surface area contributed by atoms with Gasteiger partial charge >= 0.3 is 6.09 Å². The molecule has 206 valence electrons. The van der Waals surface area contributed by atoms with E-state index in [1.165, 1.54) is 0 Å². The molecule has 7 nitrogen and oxygen atoms in total. The molecule has 0 bridgehead atoms. The second-order valence-electron chi connectivity index (χ2n) is 10.7. The molecule has 37 heavy (non-hydrogen) atoms. The molecule has 1 aromatic rings. The number of amides is 3. The highest BCUT2D eigenvalue weighted by Gasteiger charge is 2.34. The maximum Gasteiger partial charge on any atom is 0.408 e. The lowest BCUT2D eigenvalue weighted by Crippen LogP contribution is -2.52. The summed E-state index contributed by atoms with van der Waals surface area (Å²) in [6, 6.07) is 5.38. The Labute approximate surface area is 224 Å². The molecule has 0 fully saturated rings. The molecule has 3 amide bonds. The van der Waals surface area contributed by atoms with Crippen molar-refractivity contribution in [3.05, 3.63) is 35.4 Å². The zero-order valence-corrected chi connectivity index (χ0v) is 23.9. The fourth-order valence-electron chi connectivity index (χ4n) is 4.11. The summed E-state index contributed by atoms with van der Waals surface area (Å²) in [6.07, 6.45) is 11.6. The Bertz CT molecular complexity index is 899. The zero-order chi connectivity index (χ0) is 28.0. The average molecular weight is 514 g/mol. The Kier molecular flexibility index (Phi) is 13.8. The number of hydrogen-bond acceptors (Lipinski definition) is 4. The second-order valence-corrected chi connectivity index (χ2v) is 10.7. The number of unbranched alkanes of at least 4 members (excludes halogenated alkanes) is 4. The van der Waals surface area contributed by atoms with Crippen molar-refractivity contribution in [2.75, 3.05) is 6.54 Å². The quantitative estimate of drug-likeness (QED) is 0.246. The number of terminal acetylenes is 1. The SMILES string of the molecule is C#Cc1ccc(C(C(=O)NC(C)CCC)N(CCCCCCC)C(=O)C(C)NC(=O)OC(C)(C)C)cc1. The van der Waals surface area contributed by atoms with E-state index in [1.807, 2.05) is 6.92 Å². The molecule has 2 N–H and O–H groups in total. The summed E-state index contributed by atoms with van der Waals surface area (Å²) in [5.74, 6) is 2.00. The van der Waals surface area contributed by atoms with E-state index in [0.717, 1.165) is 44.9 Å². The summed E-state index contributed by atoms with van der Waals surface area (Å²) in [4.78, 5) is 41.4. The molecular weight excluding hydrogens is 466 g/mol. The van der Waals surface area contributed by atoms with Gasteiger partial charge in [0.2, 0.25) is 11.8 Å². The molecule has 3 unspecified atom stereocenters. The molecular formula is C30H47N3O4. The van der Waals surface area contributed by atoms with E-state index < -0.39 is 23.8 Å². The average Bonchev–Trinajstić information content (AvgIpc) is 2.81. The van der Waals surface area contributed by atoms with E-state index in [-0.39, 0.29) is 17.9 Å². The molecule has 0 aromatic heterocycles. The lowest BCUT2D eigenvalue weighted by Gasteiger charge is -2.34. The molecule has 0 saturated carbocycles. The van der Waals surface area contributed by atoms with Crippen LogP contribution < -0.4 is 10.6 Å². The van der Waals surface area contributed by atoms with Gasteiger partial charge in [0.1, 0.15) is 17.7 Å². The lowest BCUT2D eigenvalue weighted by atomic mass is 10.00. The Balaban J connectivity index is 3.33. The van der Waals surface area contributed by atoms with Crippen LogP contribution in [0.25, 0.3) is 0 Å². The number of nitrogens with one attached hydrogen (secondary N) is 2. The van der Waals surface area contributed by atoms with Gasteiger partial charge in [0.25, 0.3) is 0 Å². The third-order valence-corrected chi connectivity index (χ3v) is 5.95. The first-order valence-electron chi connectivity index (χ1n) is 13.6. The van der Waals surface area contributed by atoms with Crippen LogP contribution in [0.1, 0.15) is 111 Å². The van der Waals surface area contributed by atoms with E-state index in [4.69, 9.17) is 11.2 Å². The van der Waals surface area contributed by atoms with Gasteiger partial charge < -0.3 is 20.3 Å². The van der Waals surface area contributed by atoms with Crippen molar-refractivity contribution in [1.82, 2.24) is 15.5 Å². The smallest absolute Gasteiger partial charge is 0.408 e. The fourth-order valence-corrected chi connectivity index (χ4v) is 4.11. The minimum atomic E-state index is -0.876. The summed E-state index contributed by atoms with van der Waals surface area (Å²) >= 11 is 0. The van der Waals surface area contributed by atoms with Crippen molar-refractivity contribution in [2.45, 2.75) is 117 Å². The first-order chi connectivity index (χ1) is 17.4. The Morgan fingerprint density at radius 2 is 1.59 bits per heavy atom. The molecule has 7 heteroatoms. The first kappa shape index (κ1) is 32.0. The van der Waals surface area contributed by atoms with Gasteiger partial charge in [0.15, 0.2) is 0 Å². The van der Waals surface area contributed by atoms with Crippen LogP contribution in [0.15, 0.2) is 24.3 Å². The molecule has 0 aliphatic rings. The van der Waals surface area contributed by atoms with Crippen LogP contribution in [0.4, 0.5) is 4.79 Å². The highest BCUT2D eigenvalue weighted by Crippen LogP contribution is 2.24. The van der Waals surface area contributed by atoms with Gasteiger partial charge in [0, 0.05) is 18.2 Å². The summed E-state index contributed by atoms with van der Waals surface area (Å²) in [5.41, 5.74) is 0.675. The Morgan fingerprint density at radius 1 is 0.973 bits per heavy atom. The third kappa shape index (κ3) is 11.7. The number of hydrogen-bond donors (Lipinski definition) is 2. The minimum absolute atomic E-state index is 0.0381. The number of nitrogens with zero attached hydrogens (tertiary/aromatic N) is 1. The fraction of sp³-hybridized carbons (Fsp3) is 0.633. The van der Waals surface area contributed by atoms with Gasteiger partial charge in [-0.15, -0.1) is 6.42 Å². The number of alkyl carbamates (subject to hydrolysis) is 1. The van der Waals surface area contributed by atoms with Crippen molar-refractivity contribution in [1.29, 1.82) is 0 Å². The van der Waals surface area contributed by atoms with Crippen molar-refractivity contribution >= 4 is 17.9 Å². The van der Waals surface area contributed by atoms with Gasteiger partial charge in [-0.1, -0.05) is 64.0 Å². The van der Waals surface area contributed by atoms with Gasteiger partial charge in [-0.2, -0.15) is 0 Å². The molecule has 0 spiro atoms. The number of carbonyl (C=O) groups excluding carboxylic acids is 3. The van der Waals surface area contributed by atoms with Crippen LogP contribution in [0.2, 0.25) is 0 Å². The zero-order valence-electron chi connectivity index (χ0n) is 23.9. The van der Waals surface area contributed by atoms with E-state index in [9.17, 15) is 14.4 Å². The van der Waals surface area contributed by atoms with E-state index in [0.29, 0.717) is 17.7 Å². The lowest BCUT2D eigenvalue weighted by molar-refractivity contribution is -0.142. The summed E-state index contributed by atoms with van der Waals surface area (Å²) in [5, 5.41) is 5.72. The number of rotatable bonds is 14. The maximum absolute atomic E-state index is 13.8. The molecule has 3 atom stereocenters. The van der Waals surface area contributed by atoms with Gasteiger partial charge in [0.05, 0.1) is 0 Å². The number of ether oxygens (including phenoxy) is 1. The molecule has 0 aliphatic heterocycles. The molecule has 0 aliphatic carbocycles. The maximum atomic E-state index is 13.8. The predicted molar refractivity (Wildman–Crippen MR) is 149 cm³/mol. The van der Waals surface area contributed by atoms with Crippen LogP contribution in [-0.4, -0.2) is 47.0 Å². The Morgan fingerprint density at radius 3 is 2.14 bits per heavy atom. The monoisotopic (exact) mass is 513 g/mol. The van der Waals surface area contributed by atoms with Crippen molar-refractivity contribution < 1.29 is 19.1 Å². The molecule has 0 radical (unpaired) electrons. The van der Waals surface area contributed by atoms with Gasteiger partial charge in [-0.05, 0) is 65.2 Å². The van der Waals surface area contributed by atoms with E-state index >= 15 is 0 Å². The first-order valence-corrected chi connectivity index (χ1v) is 13.6. The van der Waals surface area contributed by atoms with Gasteiger partial charge in [-0.25, -0.2) is 4.79 Å². The normalized spacial score (nSPS) is 13.6. The molecule has 1 rings (SSSR count). The summed E-state index contributed by atoms with van der Waals surface area (Å²) in [7, 11) is 0. The van der Waals surface area contributed by atoms with Crippen LogP contribution >= 0.6 is 0 Å². The van der Waals surface area contributed by atoms with Crippen LogP contribution in [0, 0.1) is 12.3 Å². The third-order valence-electron chi connectivity index (χ3n) is 5.95.